The zero-order valence-corrected chi connectivity index (χ0v) is 8.52. The van der Waals surface area contributed by atoms with Gasteiger partial charge in [0.2, 0.25) is 0 Å². The monoisotopic (exact) mass is 155 g/mol. The van der Waals surface area contributed by atoms with Gasteiger partial charge in [-0.05, 0) is 33.4 Å². The van der Waals surface area contributed by atoms with Gasteiger partial charge in [0.25, 0.3) is 0 Å². The summed E-state index contributed by atoms with van der Waals surface area (Å²) in [5.41, 5.74) is 1.34. The highest BCUT2D eigenvalue weighted by Crippen LogP contribution is 2.14. The van der Waals surface area contributed by atoms with Crippen molar-refractivity contribution in [1.29, 1.82) is 0 Å². The molecule has 66 valence electrons. The molecule has 0 rings (SSSR count). The molecule has 0 fully saturated rings. The van der Waals surface area contributed by atoms with Gasteiger partial charge >= 0.3 is 0 Å². The van der Waals surface area contributed by atoms with Crippen LogP contribution in [-0.4, -0.2) is 25.0 Å². The Kier molecular flexibility index (Phi) is 4.43. The second kappa shape index (κ2) is 4.55. The van der Waals surface area contributed by atoms with Crippen molar-refractivity contribution in [3.63, 3.8) is 0 Å². The Bertz CT molecular complexity index is 125. The summed E-state index contributed by atoms with van der Waals surface area (Å²) in [6.07, 6.45) is 1.14. The molecule has 0 saturated heterocycles. The van der Waals surface area contributed by atoms with Gasteiger partial charge in [0.15, 0.2) is 0 Å². The number of likely N-dealkylation sites (N-methyl/N-ethyl adjacent to an activating group) is 1. The highest BCUT2D eigenvalue weighted by Gasteiger charge is 2.09. The van der Waals surface area contributed by atoms with Crippen molar-refractivity contribution in [1.82, 2.24) is 4.90 Å². The van der Waals surface area contributed by atoms with Crippen molar-refractivity contribution in [3.8, 4) is 0 Å². The first kappa shape index (κ1) is 10.7. The molecule has 0 aliphatic carbocycles. The Balaban J connectivity index is 3.83. The van der Waals surface area contributed by atoms with Crippen LogP contribution in [0.3, 0.4) is 0 Å². The largest absolute Gasteiger partial charge is 0.303 e. The fourth-order valence-electron chi connectivity index (χ4n) is 1.06. The highest BCUT2D eigenvalue weighted by molar-refractivity contribution is 5.03. The lowest BCUT2D eigenvalue weighted by Crippen LogP contribution is -2.26. The van der Waals surface area contributed by atoms with Crippen LogP contribution < -0.4 is 0 Å². The molecular weight excluding hydrogens is 134 g/mol. The molecule has 0 amide bonds. The van der Waals surface area contributed by atoms with Gasteiger partial charge in [-0.3, -0.25) is 0 Å². The van der Waals surface area contributed by atoms with E-state index in [0.717, 1.165) is 12.3 Å². The third-order valence-electron chi connectivity index (χ3n) is 2.04. The molecule has 0 aromatic heterocycles. The SMILES string of the molecule is C=C(CC(C)C)C(C)N(C)C. The Morgan fingerprint density at radius 3 is 2.00 bits per heavy atom. The van der Waals surface area contributed by atoms with E-state index in [0.29, 0.717) is 6.04 Å². The summed E-state index contributed by atoms with van der Waals surface area (Å²) in [5.74, 6) is 0.727. The molecule has 1 heteroatoms. The number of rotatable bonds is 4. The first-order chi connectivity index (χ1) is 4.95. The Morgan fingerprint density at radius 2 is 1.73 bits per heavy atom. The van der Waals surface area contributed by atoms with Crippen LogP contribution in [0.5, 0.6) is 0 Å². The van der Waals surface area contributed by atoms with Gasteiger partial charge < -0.3 is 4.90 Å². The smallest absolute Gasteiger partial charge is 0.0270 e. The highest BCUT2D eigenvalue weighted by atomic mass is 15.1. The molecule has 0 aliphatic heterocycles. The van der Waals surface area contributed by atoms with E-state index < -0.39 is 0 Å². The van der Waals surface area contributed by atoms with Crippen LogP contribution in [-0.2, 0) is 0 Å². The van der Waals surface area contributed by atoms with Crippen LogP contribution in [0.4, 0.5) is 0 Å². The molecule has 0 aromatic carbocycles. The molecule has 0 radical (unpaired) electrons. The molecule has 0 N–H and O–H groups in total. The van der Waals surface area contributed by atoms with Crippen LogP contribution in [0.1, 0.15) is 27.2 Å². The minimum Gasteiger partial charge on any atom is -0.303 e. The summed E-state index contributed by atoms with van der Waals surface area (Å²) in [6, 6.07) is 0.511. The Labute approximate surface area is 71.1 Å². The van der Waals surface area contributed by atoms with Crippen molar-refractivity contribution in [3.05, 3.63) is 12.2 Å². The zero-order valence-electron chi connectivity index (χ0n) is 8.52. The van der Waals surface area contributed by atoms with Crippen LogP contribution >= 0.6 is 0 Å². The van der Waals surface area contributed by atoms with E-state index in [1.165, 1.54) is 5.57 Å². The normalized spacial score (nSPS) is 14.1. The summed E-state index contributed by atoms with van der Waals surface area (Å²) in [4.78, 5) is 2.20. The molecule has 1 unspecified atom stereocenters. The summed E-state index contributed by atoms with van der Waals surface area (Å²) >= 11 is 0. The van der Waals surface area contributed by atoms with Crippen LogP contribution in [0.25, 0.3) is 0 Å². The minimum atomic E-state index is 0.511. The van der Waals surface area contributed by atoms with E-state index in [9.17, 15) is 0 Å². The number of nitrogens with zero attached hydrogens (tertiary/aromatic N) is 1. The average Bonchev–Trinajstić information content (AvgIpc) is 1.84. The quantitative estimate of drug-likeness (QED) is 0.564. The van der Waals surface area contributed by atoms with Crippen molar-refractivity contribution >= 4 is 0 Å². The van der Waals surface area contributed by atoms with E-state index in [1.54, 1.807) is 0 Å². The molecule has 0 saturated carbocycles. The van der Waals surface area contributed by atoms with Gasteiger partial charge in [0, 0.05) is 6.04 Å². The summed E-state index contributed by atoms with van der Waals surface area (Å²) < 4.78 is 0. The molecule has 0 bridgehead atoms. The maximum absolute atomic E-state index is 4.07. The van der Waals surface area contributed by atoms with Crippen molar-refractivity contribution < 1.29 is 0 Å². The molecular formula is C10H21N. The standard InChI is InChI=1S/C10H21N/c1-8(2)7-9(3)10(4)11(5)6/h8,10H,3,7H2,1-2,4-6H3. The maximum atomic E-state index is 4.07. The van der Waals surface area contributed by atoms with Crippen molar-refractivity contribution in [2.45, 2.75) is 33.2 Å². The predicted octanol–water partition coefficient (Wildman–Crippen LogP) is 2.54. The van der Waals surface area contributed by atoms with E-state index in [-0.39, 0.29) is 0 Å². The molecule has 0 aliphatic rings. The fourth-order valence-corrected chi connectivity index (χ4v) is 1.06. The predicted molar refractivity (Wildman–Crippen MR) is 51.7 cm³/mol. The van der Waals surface area contributed by atoms with Crippen LogP contribution in [0.15, 0.2) is 12.2 Å². The molecule has 0 heterocycles. The molecule has 1 atom stereocenters. The van der Waals surface area contributed by atoms with Gasteiger partial charge in [-0.2, -0.15) is 0 Å². The fraction of sp³-hybridized carbons (Fsp3) is 0.800. The molecule has 0 spiro atoms. The van der Waals surface area contributed by atoms with Gasteiger partial charge in [-0.15, -0.1) is 0 Å². The summed E-state index contributed by atoms with van der Waals surface area (Å²) in [6.45, 7) is 10.7. The van der Waals surface area contributed by atoms with E-state index in [1.807, 2.05) is 0 Å². The third kappa shape index (κ3) is 4.20. The van der Waals surface area contributed by atoms with E-state index in [4.69, 9.17) is 0 Å². The average molecular weight is 155 g/mol. The maximum Gasteiger partial charge on any atom is 0.0270 e. The van der Waals surface area contributed by atoms with Crippen LogP contribution in [0, 0.1) is 5.92 Å². The molecule has 0 aromatic rings. The molecule has 1 nitrogen and oxygen atoms in total. The summed E-state index contributed by atoms with van der Waals surface area (Å²) in [5, 5.41) is 0. The second-order valence-electron chi connectivity index (χ2n) is 3.90. The van der Waals surface area contributed by atoms with Crippen LogP contribution in [0.2, 0.25) is 0 Å². The lowest BCUT2D eigenvalue weighted by molar-refractivity contribution is 0.339. The van der Waals surface area contributed by atoms with Gasteiger partial charge in [0.05, 0.1) is 0 Å². The van der Waals surface area contributed by atoms with Gasteiger partial charge in [-0.25, -0.2) is 0 Å². The molecule has 11 heavy (non-hydrogen) atoms. The van der Waals surface area contributed by atoms with Gasteiger partial charge in [0.1, 0.15) is 0 Å². The Morgan fingerprint density at radius 1 is 1.27 bits per heavy atom. The minimum absolute atomic E-state index is 0.511. The van der Waals surface area contributed by atoms with Gasteiger partial charge in [-0.1, -0.05) is 26.0 Å². The first-order valence-electron chi connectivity index (χ1n) is 4.29. The first-order valence-corrected chi connectivity index (χ1v) is 4.29. The van der Waals surface area contributed by atoms with Crippen molar-refractivity contribution in [2.75, 3.05) is 14.1 Å². The number of hydrogen-bond donors (Lipinski definition) is 0. The topological polar surface area (TPSA) is 3.24 Å². The Hall–Kier alpha value is -0.300. The van der Waals surface area contributed by atoms with Crippen molar-refractivity contribution in [2.24, 2.45) is 5.92 Å². The zero-order chi connectivity index (χ0) is 9.02. The second-order valence-corrected chi connectivity index (χ2v) is 3.90. The number of hydrogen-bond acceptors (Lipinski definition) is 1. The van der Waals surface area contributed by atoms with E-state index >= 15 is 0 Å². The lowest BCUT2D eigenvalue weighted by atomic mass is 9.99. The summed E-state index contributed by atoms with van der Waals surface area (Å²) in [7, 11) is 4.19. The lowest BCUT2D eigenvalue weighted by Gasteiger charge is -2.23. The van der Waals surface area contributed by atoms with E-state index in [2.05, 4.69) is 46.3 Å². The third-order valence-corrected chi connectivity index (χ3v) is 2.04.